The van der Waals surface area contributed by atoms with Crippen molar-refractivity contribution in [3.05, 3.63) is 29.3 Å². The second kappa shape index (κ2) is 4.99. The number of rotatable bonds is 3. The standard InChI is InChI=1S/C13H20N2O2S/c1-9-6-7-11(8-10(9)2)18(16,17)15-13-5-3-4-12(13)14/h6-8,12-13,15H,3-5,14H2,1-2H3. The lowest BCUT2D eigenvalue weighted by atomic mass is 10.1. The zero-order valence-electron chi connectivity index (χ0n) is 10.8. The van der Waals surface area contributed by atoms with E-state index in [1.807, 2.05) is 19.9 Å². The molecule has 4 nitrogen and oxygen atoms in total. The van der Waals surface area contributed by atoms with Crippen molar-refractivity contribution in [3.8, 4) is 0 Å². The lowest BCUT2D eigenvalue weighted by molar-refractivity contribution is 0.522. The quantitative estimate of drug-likeness (QED) is 0.871. The van der Waals surface area contributed by atoms with Crippen molar-refractivity contribution in [3.63, 3.8) is 0 Å². The summed E-state index contributed by atoms with van der Waals surface area (Å²) in [7, 11) is -3.45. The maximum atomic E-state index is 12.2. The third-order valence-corrected chi connectivity index (χ3v) is 5.15. The Morgan fingerprint density at radius 2 is 1.94 bits per heavy atom. The Kier molecular flexibility index (Phi) is 3.75. The molecule has 0 aromatic heterocycles. The van der Waals surface area contributed by atoms with E-state index in [4.69, 9.17) is 5.73 Å². The maximum Gasteiger partial charge on any atom is 0.240 e. The van der Waals surface area contributed by atoms with Crippen LogP contribution in [0.2, 0.25) is 0 Å². The molecule has 18 heavy (non-hydrogen) atoms. The normalized spacial score (nSPS) is 24.4. The van der Waals surface area contributed by atoms with E-state index in [1.165, 1.54) is 0 Å². The molecule has 1 aromatic carbocycles. The van der Waals surface area contributed by atoms with E-state index in [1.54, 1.807) is 12.1 Å². The van der Waals surface area contributed by atoms with Gasteiger partial charge in [0.05, 0.1) is 4.90 Å². The van der Waals surface area contributed by atoms with Gasteiger partial charge in [-0.05, 0) is 49.9 Å². The van der Waals surface area contributed by atoms with Crippen LogP contribution in [0.3, 0.4) is 0 Å². The van der Waals surface area contributed by atoms with Crippen LogP contribution in [-0.2, 0) is 10.0 Å². The molecular weight excluding hydrogens is 248 g/mol. The molecule has 100 valence electrons. The monoisotopic (exact) mass is 268 g/mol. The van der Waals surface area contributed by atoms with Crippen LogP contribution in [0, 0.1) is 13.8 Å². The number of hydrogen-bond acceptors (Lipinski definition) is 3. The molecule has 1 aliphatic carbocycles. The van der Waals surface area contributed by atoms with E-state index in [9.17, 15) is 8.42 Å². The SMILES string of the molecule is Cc1ccc(S(=O)(=O)NC2CCCC2N)cc1C. The van der Waals surface area contributed by atoms with E-state index >= 15 is 0 Å². The molecule has 5 heteroatoms. The topological polar surface area (TPSA) is 72.2 Å². The lowest BCUT2D eigenvalue weighted by Crippen LogP contribution is -2.43. The Morgan fingerprint density at radius 3 is 2.50 bits per heavy atom. The van der Waals surface area contributed by atoms with Crippen molar-refractivity contribution in [2.45, 2.75) is 50.1 Å². The number of benzene rings is 1. The highest BCUT2D eigenvalue weighted by molar-refractivity contribution is 7.89. The van der Waals surface area contributed by atoms with Crippen LogP contribution in [0.5, 0.6) is 0 Å². The van der Waals surface area contributed by atoms with Gasteiger partial charge < -0.3 is 5.73 Å². The first-order chi connectivity index (χ1) is 8.40. The van der Waals surface area contributed by atoms with Crippen LogP contribution >= 0.6 is 0 Å². The number of sulfonamides is 1. The van der Waals surface area contributed by atoms with Crippen LogP contribution in [0.25, 0.3) is 0 Å². The molecule has 1 fully saturated rings. The minimum absolute atomic E-state index is 0.0636. The van der Waals surface area contributed by atoms with Gasteiger partial charge in [0.2, 0.25) is 10.0 Å². The zero-order valence-corrected chi connectivity index (χ0v) is 11.6. The molecule has 0 heterocycles. The molecule has 0 spiro atoms. The van der Waals surface area contributed by atoms with Crippen molar-refractivity contribution in [2.75, 3.05) is 0 Å². The highest BCUT2D eigenvalue weighted by Gasteiger charge is 2.28. The molecule has 1 aliphatic rings. The van der Waals surface area contributed by atoms with E-state index in [-0.39, 0.29) is 12.1 Å². The third kappa shape index (κ3) is 2.74. The van der Waals surface area contributed by atoms with Gasteiger partial charge in [-0.3, -0.25) is 0 Å². The van der Waals surface area contributed by atoms with Crippen LogP contribution in [0.1, 0.15) is 30.4 Å². The predicted octanol–water partition coefficient (Wildman–Crippen LogP) is 1.46. The van der Waals surface area contributed by atoms with Crippen molar-refractivity contribution >= 4 is 10.0 Å². The molecule has 0 bridgehead atoms. The minimum atomic E-state index is -3.45. The van der Waals surface area contributed by atoms with Gasteiger partial charge in [0, 0.05) is 12.1 Å². The summed E-state index contributed by atoms with van der Waals surface area (Å²) >= 11 is 0. The first kappa shape index (κ1) is 13.5. The predicted molar refractivity (Wildman–Crippen MR) is 71.9 cm³/mol. The molecule has 1 aromatic rings. The molecular formula is C13H20N2O2S. The van der Waals surface area contributed by atoms with Crippen molar-refractivity contribution in [2.24, 2.45) is 5.73 Å². The Bertz CT molecular complexity index is 540. The van der Waals surface area contributed by atoms with Gasteiger partial charge in [0.25, 0.3) is 0 Å². The molecule has 2 rings (SSSR count). The Labute approximate surface area is 109 Å². The summed E-state index contributed by atoms with van der Waals surface area (Å²) in [6.45, 7) is 3.88. The molecule has 0 amide bonds. The lowest BCUT2D eigenvalue weighted by Gasteiger charge is -2.17. The molecule has 2 atom stereocenters. The van der Waals surface area contributed by atoms with Crippen LogP contribution in [0.15, 0.2) is 23.1 Å². The number of nitrogens with one attached hydrogen (secondary N) is 1. The van der Waals surface area contributed by atoms with Crippen LogP contribution < -0.4 is 10.5 Å². The summed E-state index contributed by atoms with van der Waals surface area (Å²) in [5.41, 5.74) is 7.96. The number of hydrogen-bond donors (Lipinski definition) is 2. The Morgan fingerprint density at radius 1 is 1.22 bits per heavy atom. The minimum Gasteiger partial charge on any atom is -0.326 e. The van der Waals surface area contributed by atoms with Gasteiger partial charge in [-0.2, -0.15) is 0 Å². The Hall–Kier alpha value is -0.910. The number of nitrogens with two attached hydrogens (primary N) is 1. The molecule has 0 saturated heterocycles. The summed E-state index contributed by atoms with van der Waals surface area (Å²) in [5.74, 6) is 0. The van der Waals surface area contributed by atoms with Crippen molar-refractivity contribution < 1.29 is 8.42 Å². The number of aryl methyl sites for hydroxylation is 2. The van der Waals surface area contributed by atoms with Gasteiger partial charge >= 0.3 is 0 Å². The summed E-state index contributed by atoms with van der Waals surface area (Å²) in [6.07, 6.45) is 2.70. The van der Waals surface area contributed by atoms with Gasteiger partial charge in [0.15, 0.2) is 0 Å². The van der Waals surface area contributed by atoms with Gasteiger partial charge in [0.1, 0.15) is 0 Å². The van der Waals surface area contributed by atoms with E-state index in [2.05, 4.69) is 4.72 Å². The van der Waals surface area contributed by atoms with Gasteiger partial charge in [-0.1, -0.05) is 12.5 Å². The van der Waals surface area contributed by atoms with Crippen LogP contribution in [0.4, 0.5) is 0 Å². The fourth-order valence-electron chi connectivity index (χ4n) is 2.28. The maximum absolute atomic E-state index is 12.2. The second-order valence-corrected chi connectivity index (χ2v) is 6.78. The molecule has 1 saturated carbocycles. The van der Waals surface area contributed by atoms with Crippen LogP contribution in [-0.4, -0.2) is 20.5 Å². The molecule has 0 radical (unpaired) electrons. The largest absolute Gasteiger partial charge is 0.326 e. The summed E-state index contributed by atoms with van der Waals surface area (Å²) in [6, 6.07) is 4.99. The first-order valence-electron chi connectivity index (χ1n) is 6.25. The summed E-state index contributed by atoms with van der Waals surface area (Å²) in [4.78, 5) is 0.324. The van der Waals surface area contributed by atoms with Gasteiger partial charge in [-0.15, -0.1) is 0 Å². The second-order valence-electron chi connectivity index (χ2n) is 5.07. The summed E-state index contributed by atoms with van der Waals surface area (Å²) in [5, 5.41) is 0. The van der Waals surface area contributed by atoms with E-state index < -0.39 is 10.0 Å². The molecule has 3 N–H and O–H groups in total. The fourth-order valence-corrected chi connectivity index (χ4v) is 3.69. The highest BCUT2D eigenvalue weighted by atomic mass is 32.2. The van der Waals surface area contributed by atoms with Crippen molar-refractivity contribution in [1.29, 1.82) is 0 Å². The van der Waals surface area contributed by atoms with Crippen molar-refractivity contribution in [1.82, 2.24) is 4.72 Å². The first-order valence-corrected chi connectivity index (χ1v) is 7.73. The highest BCUT2D eigenvalue weighted by Crippen LogP contribution is 2.21. The third-order valence-electron chi connectivity index (χ3n) is 3.66. The van der Waals surface area contributed by atoms with Gasteiger partial charge in [-0.25, -0.2) is 13.1 Å². The molecule has 0 aliphatic heterocycles. The Balaban J connectivity index is 2.22. The average molecular weight is 268 g/mol. The zero-order chi connectivity index (χ0) is 13.3. The average Bonchev–Trinajstić information content (AvgIpc) is 2.67. The molecule has 2 unspecified atom stereocenters. The summed E-state index contributed by atoms with van der Waals surface area (Å²) < 4.78 is 27.2. The fraction of sp³-hybridized carbons (Fsp3) is 0.538. The van der Waals surface area contributed by atoms with E-state index in [0.29, 0.717) is 4.90 Å². The smallest absolute Gasteiger partial charge is 0.240 e. The van der Waals surface area contributed by atoms with E-state index in [0.717, 1.165) is 30.4 Å².